The Morgan fingerprint density at radius 1 is 1.08 bits per heavy atom. The minimum atomic E-state index is -1.36. The molecule has 1 aromatic carbocycles. The lowest BCUT2D eigenvalue weighted by atomic mass is 9.71. The lowest BCUT2D eigenvalue weighted by Gasteiger charge is -2.47. The summed E-state index contributed by atoms with van der Waals surface area (Å²) in [6.07, 6.45) is 3.56. The van der Waals surface area contributed by atoms with Crippen LogP contribution >= 0.6 is 0 Å². The summed E-state index contributed by atoms with van der Waals surface area (Å²) in [6.45, 7) is 10.3. The maximum absolute atomic E-state index is 11.1. The predicted octanol–water partition coefficient (Wildman–Crippen LogP) is 4.28. The van der Waals surface area contributed by atoms with Crippen molar-refractivity contribution in [1.82, 2.24) is 4.90 Å². The average molecular weight is 371 g/mol. The van der Waals surface area contributed by atoms with E-state index in [4.69, 9.17) is 5.11 Å². The fourth-order valence-corrected chi connectivity index (χ4v) is 4.47. The van der Waals surface area contributed by atoms with E-state index in [1.807, 2.05) is 0 Å². The molecule has 1 N–H and O–H groups in total. The highest BCUT2D eigenvalue weighted by molar-refractivity contribution is 6.83. The molecule has 0 aliphatic carbocycles. The van der Waals surface area contributed by atoms with Crippen LogP contribution in [0.5, 0.6) is 0 Å². The Bertz CT molecular complexity index is 712. The predicted molar refractivity (Wildman–Crippen MR) is 109 cm³/mol. The van der Waals surface area contributed by atoms with Crippen molar-refractivity contribution in [3.8, 4) is 11.5 Å². The fourth-order valence-electron chi connectivity index (χ4n) is 3.95. The Morgan fingerprint density at radius 2 is 1.69 bits per heavy atom. The number of likely N-dealkylation sites (tertiary alicyclic amines) is 1. The summed E-state index contributed by atoms with van der Waals surface area (Å²) in [7, 11) is -1.36. The van der Waals surface area contributed by atoms with Crippen molar-refractivity contribution in [2.75, 3.05) is 31.1 Å². The van der Waals surface area contributed by atoms with Crippen molar-refractivity contribution in [2.24, 2.45) is 5.41 Å². The van der Waals surface area contributed by atoms with Gasteiger partial charge in [-0.3, -0.25) is 0 Å². The quantitative estimate of drug-likeness (QED) is 0.593. The summed E-state index contributed by atoms with van der Waals surface area (Å²) in [4.78, 5) is 15.2. The minimum Gasteiger partial charge on any atom is -0.465 e. The van der Waals surface area contributed by atoms with Crippen LogP contribution in [0.3, 0.4) is 0 Å². The van der Waals surface area contributed by atoms with Crippen molar-refractivity contribution in [3.05, 3.63) is 29.8 Å². The lowest BCUT2D eigenvalue weighted by molar-refractivity contribution is 0.0736. The third-order valence-corrected chi connectivity index (χ3v) is 6.59. The number of carboxylic acid groups (broad SMARTS) is 1. The third kappa shape index (κ3) is 4.61. The van der Waals surface area contributed by atoms with Gasteiger partial charge in [0.2, 0.25) is 0 Å². The van der Waals surface area contributed by atoms with Crippen LogP contribution in [0.2, 0.25) is 19.6 Å². The van der Waals surface area contributed by atoms with Gasteiger partial charge in [0.25, 0.3) is 0 Å². The molecule has 0 radical (unpaired) electrons. The van der Waals surface area contributed by atoms with Crippen LogP contribution in [0.25, 0.3) is 0 Å². The zero-order valence-corrected chi connectivity index (χ0v) is 17.2. The largest absolute Gasteiger partial charge is 0.465 e. The molecule has 0 atom stereocenters. The number of amides is 1. The first-order valence-electron chi connectivity index (χ1n) is 9.63. The molecule has 1 spiro atoms. The lowest BCUT2D eigenvalue weighted by Crippen LogP contribution is -2.48. The summed E-state index contributed by atoms with van der Waals surface area (Å²) < 4.78 is 0. The van der Waals surface area contributed by atoms with E-state index in [0.29, 0.717) is 18.5 Å². The summed E-state index contributed by atoms with van der Waals surface area (Å²) >= 11 is 0. The minimum absolute atomic E-state index is 0.345. The molecule has 2 aliphatic rings. The van der Waals surface area contributed by atoms with Crippen LogP contribution in [0.15, 0.2) is 24.3 Å². The zero-order valence-electron chi connectivity index (χ0n) is 16.2. The van der Waals surface area contributed by atoms with Gasteiger partial charge in [-0.05, 0) is 49.3 Å². The maximum atomic E-state index is 11.1. The smallest absolute Gasteiger partial charge is 0.407 e. The highest BCUT2D eigenvalue weighted by atomic mass is 28.3. The van der Waals surface area contributed by atoms with E-state index in [2.05, 4.69) is 60.3 Å². The number of rotatable bonds is 1. The van der Waals surface area contributed by atoms with Crippen molar-refractivity contribution in [2.45, 2.75) is 45.3 Å². The number of carbonyl (C=O) groups is 1. The Balaban J connectivity index is 1.62. The first-order valence-corrected chi connectivity index (χ1v) is 13.1. The van der Waals surface area contributed by atoms with Crippen LogP contribution in [-0.2, 0) is 0 Å². The molecular formula is C21H30N2O2Si. The zero-order chi connectivity index (χ0) is 18.8. The highest BCUT2D eigenvalue weighted by Crippen LogP contribution is 2.42. The number of piperidine rings is 2. The summed E-state index contributed by atoms with van der Waals surface area (Å²) in [5, 5.41) is 9.14. The summed E-state index contributed by atoms with van der Waals surface area (Å²) in [6, 6.07) is 8.62. The molecule has 0 unspecified atom stereocenters. The van der Waals surface area contributed by atoms with Crippen LogP contribution in [0.4, 0.5) is 10.5 Å². The standard InChI is InChI=1S/C21H30N2O2Si/c1-26(2,3)16-7-18-5-4-6-19(17-18)22-12-8-21(9-13-22)10-14-23(15-11-21)20(24)25/h4-6,17H,8-15H2,1-3H3,(H,24,25). The summed E-state index contributed by atoms with van der Waals surface area (Å²) in [5.41, 5.74) is 6.17. The van der Waals surface area contributed by atoms with Crippen molar-refractivity contribution >= 4 is 19.9 Å². The number of nitrogens with zero attached hydrogens (tertiary/aromatic N) is 2. The molecule has 5 heteroatoms. The number of benzene rings is 1. The number of hydrogen-bond donors (Lipinski definition) is 1. The van der Waals surface area contributed by atoms with Crippen molar-refractivity contribution in [3.63, 3.8) is 0 Å². The normalized spacial score (nSPS) is 19.8. The molecule has 0 saturated carbocycles. The molecule has 140 valence electrons. The van der Waals surface area contributed by atoms with Gasteiger partial charge in [0.15, 0.2) is 0 Å². The molecule has 0 bridgehead atoms. The molecule has 4 nitrogen and oxygen atoms in total. The summed E-state index contributed by atoms with van der Waals surface area (Å²) in [5.74, 6) is 3.36. The van der Waals surface area contributed by atoms with E-state index in [1.54, 1.807) is 4.90 Å². The van der Waals surface area contributed by atoms with Crippen LogP contribution in [-0.4, -0.2) is 50.4 Å². The molecule has 2 fully saturated rings. The van der Waals surface area contributed by atoms with Gasteiger partial charge in [-0.25, -0.2) is 4.79 Å². The first-order chi connectivity index (χ1) is 12.3. The molecule has 2 heterocycles. The van der Waals surface area contributed by atoms with Gasteiger partial charge in [-0.2, -0.15) is 0 Å². The van der Waals surface area contributed by atoms with Gasteiger partial charge in [0.1, 0.15) is 8.07 Å². The third-order valence-electron chi connectivity index (χ3n) is 5.71. The molecule has 1 aromatic rings. The van der Waals surface area contributed by atoms with E-state index >= 15 is 0 Å². The molecule has 1 amide bonds. The molecule has 2 aliphatic heterocycles. The Labute approximate surface area is 158 Å². The van der Waals surface area contributed by atoms with E-state index in [9.17, 15) is 4.79 Å². The van der Waals surface area contributed by atoms with Gasteiger partial charge in [-0.15, -0.1) is 5.54 Å². The van der Waals surface area contributed by atoms with Crippen LogP contribution in [0.1, 0.15) is 31.2 Å². The SMILES string of the molecule is C[Si](C)(C)C#Cc1cccc(N2CCC3(CCN(C(=O)O)CC3)CC2)c1. The molecule has 2 saturated heterocycles. The molecule has 26 heavy (non-hydrogen) atoms. The number of anilines is 1. The second-order valence-corrected chi connectivity index (χ2v) is 13.6. The van der Waals surface area contributed by atoms with Crippen LogP contribution < -0.4 is 4.90 Å². The van der Waals surface area contributed by atoms with E-state index in [-0.39, 0.29) is 0 Å². The molecule has 3 rings (SSSR count). The Hall–Kier alpha value is -1.93. The Morgan fingerprint density at radius 3 is 2.27 bits per heavy atom. The van der Waals surface area contributed by atoms with Crippen molar-refractivity contribution in [1.29, 1.82) is 0 Å². The van der Waals surface area contributed by atoms with Crippen LogP contribution in [0, 0.1) is 16.9 Å². The maximum Gasteiger partial charge on any atom is 0.407 e. The van der Waals surface area contributed by atoms with Gasteiger partial charge in [-0.1, -0.05) is 31.6 Å². The first kappa shape index (κ1) is 18.8. The molecular weight excluding hydrogens is 340 g/mol. The van der Waals surface area contributed by atoms with Gasteiger partial charge < -0.3 is 14.9 Å². The van der Waals surface area contributed by atoms with Gasteiger partial charge >= 0.3 is 6.09 Å². The highest BCUT2D eigenvalue weighted by Gasteiger charge is 2.38. The second-order valence-electron chi connectivity index (χ2n) is 8.81. The monoisotopic (exact) mass is 370 g/mol. The second kappa shape index (κ2) is 7.36. The Kier molecular flexibility index (Phi) is 5.33. The van der Waals surface area contributed by atoms with Gasteiger partial charge in [0.05, 0.1) is 0 Å². The topological polar surface area (TPSA) is 43.8 Å². The van der Waals surface area contributed by atoms with Gasteiger partial charge in [0, 0.05) is 37.4 Å². The fraction of sp³-hybridized carbons (Fsp3) is 0.571. The average Bonchev–Trinajstić information content (AvgIpc) is 2.61. The van der Waals surface area contributed by atoms with E-state index in [0.717, 1.165) is 44.3 Å². The molecule has 0 aromatic heterocycles. The van der Waals surface area contributed by atoms with E-state index in [1.165, 1.54) is 5.69 Å². The number of hydrogen-bond acceptors (Lipinski definition) is 2. The van der Waals surface area contributed by atoms with E-state index < -0.39 is 14.2 Å². The van der Waals surface area contributed by atoms with Crippen molar-refractivity contribution < 1.29 is 9.90 Å².